The molecule has 0 fully saturated rings. The van der Waals surface area contributed by atoms with Crippen LogP contribution in [0.2, 0.25) is 0 Å². The van der Waals surface area contributed by atoms with Crippen LogP contribution in [0, 0.1) is 6.92 Å². The van der Waals surface area contributed by atoms with Crippen LogP contribution >= 0.6 is 11.3 Å². The second-order valence-corrected chi connectivity index (χ2v) is 7.70. The van der Waals surface area contributed by atoms with Crippen molar-refractivity contribution in [2.75, 3.05) is 30.4 Å². The Morgan fingerprint density at radius 1 is 1.11 bits per heavy atom. The van der Waals surface area contributed by atoms with E-state index in [9.17, 15) is 0 Å². The summed E-state index contributed by atoms with van der Waals surface area (Å²) in [5, 5.41) is 9.36. The molecule has 28 heavy (non-hydrogen) atoms. The van der Waals surface area contributed by atoms with Crippen molar-refractivity contribution in [3.8, 4) is 11.4 Å². The fourth-order valence-electron chi connectivity index (χ4n) is 3.07. The number of hydrogen-bond donors (Lipinski definition) is 2. The predicted octanol–water partition coefficient (Wildman–Crippen LogP) is 3.91. The van der Waals surface area contributed by atoms with Crippen molar-refractivity contribution in [1.82, 2.24) is 15.3 Å². The van der Waals surface area contributed by atoms with Crippen LogP contribution in [0.4, 0.5) is 10.9 Å². The molecule has 0 atom stereocenters. The molecule has 0 amide bonds. The smallest absolute Gasteiger partial charge is 0.197 e. The molecule has 0 saturated heterocycles. The van der Waals surface area contributed by atoms with Crippen LogP contribution in [0.1, 0.15) is 17.5 Å². The van der Waals surface area contributed by atoms with Gasteiger partial charge in [0.1, 0.15) is 11.5 Å². The molecule has 0 bridgehead atoms. The lowest BCUT2D eigenvalue weighted by molar-refractivity contribution is 0.740. The maximum atomic E-state index is 4.83. The lowest BCUT2D eigenvalue weighted by atomic mass is 10.1. The van der Waals surface area contributed by atoms with E-state index >= 15 is 0 Å². The first kappa shape index (κ1) is 18.4. The largest absolute Gasteiger partial charge is 0.356 e. The highest BCUT2D eigenvalue weighted by Crippen LogP contribution is 2.25. The number of benzene rings is 1. The molecule has 0 unspecified atom stereocenters. The van der Waals surface area contributed by atoms with Gasteiger partial charge >= 0.3 is 0 Å². The van der Waals surface area contributed by atoms with Gasteiger partial charge in [0.15, 0.2) is 11.1 Å². The summed E-state index contributed by atoms with van der Waals surface area (Å²) in [4.78, 5) is 16.1. The maximum Gasteiger partial charge on any atom is 0.197 e. The third kappa shape index (κ3) is 4.31. The molecular weight excluding hydrogens is 368 g/mol. The molecule has 0 aliphatic carbocycles. The van der Waals surface area contributed by atoms with Gasteiger partial charge in [-0.15, -0.1) is 11.3 Å². The van der Waals surface area contributed by atoms with E-state index < -0.39 is 0 Å². The van der Waals surface area contributed by atoms with E-state index in [-0.39, 0.29) is 0 Å². The first-order valence-corrected chi connectivity index (χ1v) is 10.3. The average molecular weight is 393 g/mol. The molecule has 3 aromatic rings. The lowest BCUT2D eigenvalue weighted by Crippen LogP contribution is -2.35. The number of aliphatic imine (C=N–C) groups is 1. The van der Waals surface area contributed by atoms with Crippen LogP contribution in [0.3, 0.4) is 0 Å². The summed E-state index contributed by atoms with van der Waals surface area (Å²) in [5.74, 6) is 1.73. The Kier molecular flexibility index (Phi) is 5.53. The van der Waals surface area contributed by atoms with Gasteiger partial charge in [-0.2, -0.15) is 0 Å². The van der Waals surface area contributed by atoms with Gasteiger partial charge < -0.3 is 15.5 Å². The number of rotatable bonds is 5. The van der Waals surface area contributed by atoms with Crippen molar-refractivity contribution < 1.29 is 0 Å². The van der Waals surface area contributed by atoms with Crippen molar-refractivity contribution >= 4 is 28.2 Å². The number of hydrogen-bond acceptors (Lipinski definition) is 7. The molecule has 4 rings (SSSR count). The Hall–Kier alpha value is -2.93. The first-order chi connectivity index (χ1) is 13.7. The fourth-order valence-corrected chi connectivity index (χ4v) is 3.77. The minimum absolute atomic E-state index is 0.798. The fraction of sp³-hybridized carbons (Fsp3) is 0.286. The summed E-state index contributed by atoms with van der Waals surface area (Å²) in [5.41, 5.74) is 4.34. The number of aryl methyl sites for hydroxylation is 1. The van der Waals surface area contributed by atoms with Gasteiger partial charge in [0.25, 0.3) is 0 Å². The Bertz CT molecular complexity index is 980. The highest BCUT2D eigenvalue weighted by molar-refractivity contribution is 7.14. The standard InChI is InChI=1S/C21H24N6S/c1-15-7-3-4-8-16(15)13-27(2)19-10-5-9-17(24-19)18-14-28-21(25-18)26-20-22-11-6-12-23-20/h3-5,7-10,14H,6,11-13H2,1-2H3,(H2,22,23,25,26). The minimum Gasteiger partial charge on any atom is -0.356 e. The monoisotopic (exact) mass is 392 g/mol. The number of pyridine rings is 1. The van der Waals surface area contributed by atoms with E-state index in [2.05, 4.69) is 63.7 Å². The Morgan fingerprint density at radius 3 is 2.82 bits per heavy atom. The average Bonchev–Trinajstić information content (AvgIpc) is 3.19. The van der Waals surface area contributed by atoms with Crippen LogP contribution < -0.4 is 15.5 Å². The number of nitrogens with one attached hydrogen (secondary N) is 2. The quantitative estimate of drug-likeness (QED) is 0.689. The highest BCUT2D eigenvalue weighted by atomic mass is 32.1. The zero-order valence-corrected chi connectivity index (χ0v) is 17.0. The zero-order chi connectivity index (χ0) is 19.3. The molecule has 0 radical (unpaired) electrons. The van der Waals surface area contributed by atoms with Gasteiger partial charge in [0.2, 0.25) is 0 Å². The van der Waals surface area contributed by atoms with Crippen molar-refractivity contribution in [3.05, 3.63) is 59.0 Å². The Labute approximate surface area is 169 Å². The molecule has 2 N–H and O–H groups in total. The summed E-state index contributed by atoms with van der Waals surface area (Å²) < 4.78 is 0. The van der Waals surface area contributed by atoms with E-state index in [0.717, 1.165) is 54.4 Å². The van der Waals surface area contributed by atoms with E-state index in [0.29, 0.717) is 0 Å². The normalized spacial score (nSPS) is 13.6. The molecule has 144 valence electrons. The number of aromatic nitrogens is 2. The summed E-state index contributed by atoms with van der Waals surface area (Å²) in [6.45, 7) is 4.76. The maximum absolute atomic E-state index is 4.83. The summed E-state index contributed by atoms with van der Waals surface area (Å²) in [6.07, 6.45) is 1.07. The third-order valence-corrected chi connectivity index (χ3v) is 5.44. The molecule has 1 aliphatic rings. The van der Waals surface area contributed by atoms with Crippen LogP contribution in [0.15, 0.2) is 52.8 Å². The molecule has 2 aromatic heterocycles. The van der Waals surface area contributed by atoms with Crippen molar-refractivity contribution in [3.63, 3.8) is 0 Å². The van der Waals surface area contributed by atoms with Crippen LogP contribution in [-0.2, 0) is 6.54 Å². The summed E-state index contributed by atoms with van der Waals surface area (Å²) in [7, 11) is 2.07. The predicted molar refractivity (Wildman–Crippen MR) is 117 cm³/mol. The van der Waals surface area contributed by atoms with Crippen molar-refractivity contribution in [2.24, 2.45) is 4.99 Å². The molecule has 7 heteroatoms. The number of anilines is 2. The molecule has 0 saturated carbocycles. The SMILES string of the molecule is Cc1ccccc1CN(C)c1cccc(-c2csc(NC3=NCCCN3)n2)n1. The minimum atomic E-state index is 0.798. The third-order valence-electron chi connectivity index (χ3n) is 4.68. The van der Waals surface area contributed by atoms with E-state index in [1.165, 1.54) is 11.1 Å². The van der Waals surface area contributed by atoms with Gasteiger partial charge in [-0.05, 0) is 36.6 Å². The van der Waals surface area contributed by atoms with Gasteiger partial charge in [0.05, 0.1) is 5.69 Å². The van der Waals surface area contributed by atoms with Gasteiger partial charge in [-0.25, -0.2) is 9.97 Å². The van der Waals surface area contributed by atoms with Crippen molar-refractivity contribution in [2.45, 2.75) is 19.9 Å². The number of nitrogens with zero attached hydrogens (tertiary/aromatic N) is 4. The lowest BCUT2D eigenvalue weighted by Gasteiger charge is -2.20. The summed E-state index contributed by atoms with van der Waals surface area (Å²) >= 11 is 1.56. The van der Waals surface area contributed by atoms with E-state index in [4.69, 9.17) is 4.98 Å². The van der Waals surface area contributed by atoms with E-state index in [1.807, 2.05) is 23.6 Å². The van der Waals surface area contributed by atoms with Crippen LogP contribution in [-0.4, -0.2) is 36.1 Å². The molecule has 0 spiro atoms. The van der Waals surface area contributed by atoms with E-state index in [1.54, 1.807) is 11.3 Å². The van der Waals surface area contributed by atoms with Gasteiger partial charge in [-0.3, -0.25) is 4.99 Å². The van der Waals surface area contributed by atoms with Gasteiger partial charge in [0, 0.05) is 32.1 Å². The Balaban J connectivity index is 1.49. The molecule has 1 aliphatic heterocycles. The first-order valence-electron chi connectivity index (χ1n) is 9.43. The van der Waals surface area contributed by atoms with Gasteiger partial charge in [-0.1, -0.05) is 30.3 Å². The second-order valence-electron chi connectivity index (χ2n) is 6.84. The van der Waals surface area contributed by atoms with Crippen LogP contribution in [0.25, 0.3) is 11.4 Å². The molecule has 6 nitrogen and oxygen atoms in total. The number of guanidine groups is 1. The number of thiazole rings is 1. The second kappa shape index (κ2) is 8.39. The Morgan fingerprint density at radius 2 is 2.00 bits per heavy atom. The molecule has 3 heterocycles. The van der Waals surface area contributed by atoms with Crippen molar-refractivity contribution in [1.29, 1.82) is 0 Å². The molecular formula is C21H24N6S. The highest BCUT2D eigenvalue weighted by Gasteiger charge is 2.11. The summed E-state index contributed by atoms with van der Waals surface area (Å²) in [6, 6.07) is 14.5. The topological polar surface area (TPSA) is 65.4 Å². The van der Waals surface area contributed by atoms with Crippen LogP contribution in [0.5, 0.6) is 0 Å². The zero-order valence-electron chi connectivity index (χ0n) is 16.1. The molecule has 1 aromatic carbocycles.